The lowest BCUT2D eigenvalue weighted by atomic mass is 9.94. The van der Waals surface area contributed by atoms with Gasteiger partial charge in [0, 0.05) is 14.1 Å². The van der Waals surface area contributed by atoms with Crippen molar-refractivity contribution < 1.29 is 32.1 Å². The smallest absolute Gasteiger partial charge is 0.251 e. The molecule has 1 fully saturated rings. The number of aryl methyl sites for hydroxylation is 1. The summed E-state index contributed by atoms with van der Waals surface area (Å²) in [5.41, 5.74) is 3.29. The van der Waals surface area contributed by atoms with E-state index in [4.69, 9.17) is 9.47 Å². The van der Waals surface area contributed by atoms with E-state index in [2.05, 4.69) is 10.6 Å². The zero-order valence-electron chi connectivity index (χ0n) is 21.5. The van der Waals surface area contributed by atoms with Crippen LogP contribution in [0.5, 0.6) is 11.5 Å². The maximum atomic E-state index is 13.4. The van der Waals surface area contributed by atoms with Crippen molar-refractivity contribution >= 4 is 17.5 Å². The quantitative estimate of drug-likeness (QED) is 0.332. The summed E-state index contributed by atoms with van der Waals surface area (Å²) in [4.78, 5) is 26.1. The van der Waals surface area contributed by atoms with Gasteiger partial charge in [0.25, 0.3) is 5.91 Å². The SMILES string of the molecule is CCC(CO)(CO)NC(=O)c1ccc(-c2cc(NC(=O)C3(c4ccc5c(c4)OCO5)CC3)ccc2C)cc1.[HH].[HH]. The lowest BCUT2D eigenvalue weighted by molar-refractivity contribution is -0.118. The van der Waals surface area contributed by atoms with Crippen molar-refractivity contribution in [1.82, 2.24) is 5.32 Å². The Kier molecular flexibility index (Phi) is 6.86. The van der Waals surface area contributed by atoms with Crippen molar-refractivity contribution in [3.05, 3.63) is 77.4 Å². The fourth-order valence-corrected chi connectivity index (χ4v) is 4.78. The first-order chi connectivity index (χ1) is 18.3. The second-order valence-electron chi connectivity index (χ2n) is 10.1. The Balaban J connectivity index is 0.00000220. The summed E-state index contributed by atoms with van der Waals surface area (Å²) in [5, 5.41) is 25.1. The minimum atomic E-state index is -1.06. The van der Waals surface area contributed by atoms with E-state index in [9.17, 15) is 19.8 Å². The number of anilines is 1. The Morgan fingerprint density at radius 1 is 0.974 bits per heavy atom. The number of nitrogens with one attached hydrogen (secondary N) is 2. The molecule has 0 radical (unpaired) electrons. The maximum Gasteiger partial charge on any atom is 0.251 e. The molecule has 2 amide bonds. The number of hydrogen-bond acceptors (Lipinski definition) is 6. The standard InChI is InChI=1S/C30H32N2O6.2H2/c1-3-29(16-33,17-34)32-27(35)21-7-5-20(6-8-21)24-15-23(10-4-19(24)2)31-28(36)30(12-13-30)22-9-11-25-26(14-22)38-18-37-25;;/h4-11,14-15,33-34H,3,12-13,16-18H2,1-2H3,(H,31,36)(H,32,35);2*1H. The lowest BCUT2D eigenvalue weighted by Crippen LogP contribution is -2.53. The lowest BCUT2D eigenvalue weighted by Gasteiger charge is -2.29. The second-order valence-corrected chi connectivity index (χ2v) is 10.1. The third-order valence-corrected chi connectivity index (χ3v) is 7.72. The molecule has 8 nitrogen and oxygen atoms in total. The van der Waals surface area contributed by atoms with Gasteiger partial charge < -0.3 is 30.3 Å². The van der Waals surface area contributed by atoms with Crippen LogP contribution in [0.25, 0.3) is 11.1 Å². The van der Waals surface area contributed by atoms with Crippen LogP contribution in [0.15, 0.2) is 60.7 Å². The third-order valence-electron chi connectivity index (χ3n) is 7.72. The van der Waals surface area contributed by atoms with Crippen molar-refractivity contribution in [1.29, 1.82) is 0 Å². The molecule has 3 aromatic rings. The molecular formula is C30H36N2O6. The van der Waals surface area contributed by atoms with E-state index in [-0.39, 0.29) is 34.7 Å². The predicted octanol–water partition coefficient (Wildman–Crippen LogP) is 4.42. The van der Waals surface area contributed by atoms with Crippen molar-refractivity contribution in [3.8, 4) is 22.6 Å². The molecule has 1 aliphatic carbocycles. The summed E-state index contributed by atoms with van der Waals surface area (Å²) in [5.74, 6) is 0.954. The van der Waals surface area contributed by atoms with Gasteiger partial charge in [0.1, 0.15) is 0 Å². The summed E-state index contributed by atoms with van der Waals surface area (Å²) in [6, 6.07) is 18.6. The fraction of sp³-hybridized carbons (Fsp3) is 0.333. The van der Waals surface area contributed by atoms with Crippen LogP contribution in [0.2, 0.25) is 0 Å². The average Bonchev–Trinajstić information content (AvgIpc) is 3.63. The van der Waals surface area contributed by atoms with Crippen LogP contribution in [0, 0.1) is 6.92 Å². The Labute approximate surface area is 224 Å². The maximum absolute atomic E-state index is 13.4. The third kappa shape index (κ3) is 4.73. The summed E-state index contributed by atoms with van der Waals surface area (Å²) < 4.78 is 10.9. The van der Waals surface area contributed by atoms with Crippen LogP contribution in [-0.2, 0) is 10.2 Å². The summed E-state index contributed by atoms with van der Waals surface area (Å²) in [7, 11) is 0. The van der Waals surface area contributed by atoms with Gasteiger partial charge in [-0.05, 0) is 84.8 Å². The minimum absolute atomic E-state index is 0. The van der Waals surface area contributed by atoms with Gasteiger partial charge in [-0.3, -0.25) is 9.59 Å². The molecule has 0 atom stereocenters. The monoisotopic (exact) mass is 520 g/mol. The van der Waals surface area contributed by atoms with Crippen molar-refractivity contribution in [3.63, 3.8) is 0 Å². The topological polar surface area (TPSA) is 117 Å². The number of carbonyl (C=O) groups is 2. The van der Waals surface area contributed by atoms with Gasteiger partial charge in [-0.2, -0.15) is 0 Å². The number of ether oxygens (including phenoxy) is 2. The minimum Gasteiger partial charge on any atom is -0.454 e. The molecule has 0 unspecified atom stereocenters. The molecule has 5 rings (SSSR count). The van der Waals surface area contributed by atoms with Crippen LogP contribution >= 0.6 is 0 Å². The van der Waals surface area contributed by atoms with Gasteiger partial charge >= 0.3 is 0 Å². The highest BCUT2D eigenvalue weighted by molar-refractivity contribution is 6.02. The summed E-state index contributed by atoms with van der Waals surface area (Å²) in [6.07, 6.45) is 1.94. The van der Waals surface area contributed by atoms with Crippen LogP contribution in [0.1, 0.15) is 50.5 Å². The van der Waals surface area contributed by atoms with E-state index in [1.54, 1.807) is 19.1 Å². The van der Waals surface area contributed by atoms with Gasteiger partial charge in [0.15, 0.2) is 11.5 Å². The van der Waals surface area contributed by atoms with Crippen molar-refractivity contribution in [2.75, 3.05) is 25.3 Å². The van der Waals surface area contributed by atoms with Crippen LogP contribution in [0.4, 0.5) is 5.69 Å². The van der Waals surface area contributed by atoms with E-state index in [1.165, 1.54) is 0 Å². The summed E-state index contributed by atoms with van der Waals surface area (Å²) >= 11 is 0. The molecular weight excluding hydrogens is 484 g/mol. The molecule has 8 heteroatoms. The molecule has 0 saturated heterocycles. The van der Waals surface area contributed by atoms with E-state index >= 15 is 0 Å². The van der Waals surface area contributed by atoms with E-state index in [0.717, 1.165) is 35.1 Å². The first kappa shape index (κ1) is 25.8. The number of aliphatic hydroxyl groups excluding tert-OH is 2. The van der Waals surface area contributed by atoms with Crippen molar-refractivity contribution in [2.24, 2.45) is 0 Å². The van der Waals surface area contributed by atoms with E-state index in [0.29, 0.717) is 29.2 Å². The zero-order chi connectivity index (χ0) is 26.9. The van der Waals surface area contributed by atoms with Gasteiger partial charge in [-0.15, -0.1) is 0 Å². The Hall–Kier alpha value is -3.88. The molecule has 0 aromatic heterocycles. The second kappa shape index (κ2) is 10.1. The number of benzene rings is 3. The first-order valence-electron chi connectivity index (χ1n) is 12.8. The van der Waals surface area contributed by atoms with Crippen LogP contribution < -0.4 is 20.1 Å². The van der Waals surface area contributed by atoms with Gasteiger partial charge in [-0.1, -0.05) is 31.2 Å². The highest BCUT2D eigenvalue weighted by atomic mass is 16.7. The number of rotatable bonds is 9. The molecule has 3 aromatic carbocycles. The number of fused-ring (bicyclic) bond motifs is 1. The molecule has 1 saturated carbocycles. The number of hydrogen-bond donors (Lipinski definition) is 4. The van der Waals surface area contributed by atoms with Crippen LogP contribution in [-0.4, -0.2) is 47.6 Å². The molecule has 4 N–H and O–H groups in total. The number of carbonyl (C=O) groups excluding carboxylic acids is 2. The predicted molar refractivity (Wildman–Crippen MR) is 148 cm³/mol. The molecule has 1 heterocycles. The molecule has 2 aliphatic rings. The van der Waals surface area contributed by atoms with Gasteiger partial charge in [0.2, 0.25) is 12.7 Å². The molecule has 1 aliphatic heterocycles. The highest BCUT2D eigenvalue weighted by Gasteiger charge is 2.51. The normalized spacial score (nSPS) is 15.2. The van der Waals surface area contributed by atoms with E-state index < -0.39 is 11.0 Å². The highest BCUT2D eigenvalue weighted by Crippen LogP contribution is 2.51. The largest absolute Gasteiger partial charge is 0.454 e. The Bertz CT molecular complexity index is 1360. The zero-order valence-corrected chi connectivity index (χ0v) is 21.5. The van der Waals surface area contributed by atoms with Crippen molar-refractivity contribution in [2.45, 2.75) is 44.1 Å². The van der Waals surface area contributed by atoms with Crippen LogP contribution in [0.3, 0.4) is 0 Å². The number of aliphatic hydroxyl groups is 2. The summed E-state index contributed by atoms with van der Waals surface area (Å²) in [6.45, 7) is 3.29. The molecule has 0 bridgehead atoms. The molecule has 0 spiro atoms. The fourth-order valence-electron chi connectivity index (χ4n) is 4.78. The molecule has 38 heavy (non-hydrogen) atoms. The van der Waals surface area contributed by atoms with Gasteiger partial charge in [-0.25, -0.2) is 0 Å². The average molecular weight is 521 g/mol. The number of amides is 2. The van der Waals surface area contributed by atoms with Gasteiger partial charge in [0.05, 0.1) is 24.2 Å². The Morgan fingerprint density at radius 3 is 2.34 bits per heavy atom. The molecule has 202 valence electrons. The first-order valence-corrected chi connectivity index (χ1v) is 12.8. The Morgan fingerprint density at radius 2 is 1.68 bits per heavy atom. The van der Waals surface area contributed by atoms with E-state index in [1.807, 2.05) is 55.5 Å².